The van der Waals surface area contributed by atoms with Crippen LogP contribution in [0.25, 0.3) is 0 Å². The normalized spacial score (nSPS) is 12.8. The summed E-state index contributed by atoms with van der Waals surface area (Å²) in [5.41, 5.74) is 1.75. The number of hydrogen-bond acceptors (Lipinski definition) is 5. The molecule has 0 aliphatic rings. The first-order chi connectivity index (χ1) is 14.1. The van der Waals surface area contributed by atoms with Crippen LogP contribution in [-0.4, -0.2) is 21.4 Å². The number of rotatable bonds is 5. The fraction of sp³-hybridized carbons (Fsp3) is 0.143. The van der Waals surface area contributed by atoms with Crippen molar-refractivity contribution >= 4 is 37.3 Å². The maximum atomic E-state index is 13.4. The van der Waals surface area contributed by atoms with Crippen LogP contribution >= 0.6 is 15.9 Å². The van der Waals surface area contributed by atoms with Crippen molar-refractivity contribution in [3.05, 3.63) is 75.6 Å². The number of carbonyl (C=O) groups excluding carboxylic acids is 1. The van der Waals surface area contributed by atoms with Crippen molar-refractivity contribution in [2.24, 2.45) is 0 Å². The Morgan fingerprint density at radius 3 is 2.63 bits per heavy atom. The maximum absolute atomic E-state index is 13.4. The number of benzene rings is 2. The number of aryl methyl sites for hydroxylation is 1. The van der Waals surface area contributed by atoms with Crippen molar-refractivity contribution in [2.75, 3.05) is 11.6 Å². The number of amides is 1. The lowest BCUT2D eigenvalue weighted by molar-refractivity contribution is 0.102. The molecule has 9 heteroatoms. The van der Waals surface area contributed by atoms with Crippen LogP contribution in [0.3, 0.4) is 0 Å². The van der Waals surface area contributed by atoms with Crippen molar-refractivity contribution in [1.82, 2.24) is 4.98 Å². The van der Waals surface area contributed by atoms with Crippen LogP contribution in [0.4, 0.5) is 10.1 Å². The van der Waals surface area contributed by atoms with E-state index >= 15 is 0 Å². The summed E-state index contributed by atoms with van der Waals surface area (Å²) >= 11 is 3.37. The van der Waals surface area contributed by atoms with E-state index in [2.05, 4.69) is 26.2 Å². The minimum Gasteiger partial charge on any atom is -0.438 e. The highest BCUT2D eigenvalue weighted by atomic mass is 79.9. The number of nitrogens with zero attached hydrogens (tertiary/aromatic N) is 1. The van der Waals surface area contributed by atoms with Gasteiger partial charge >= 0.3 is 0 Å². The van der Waals surface area contributed by atoms with Gasteiger partial charge in [-0.2, -0.15) is 0 Å². The van der Waals surface area contributed by atoms with Crippen molar-refractivity contribution in [1.29, 1.82) is 4.78 Å². The van der Waals surface area contributed by atoms with Gasteiger partial charge in [-0.05, 0) is 77.3 Å². The molecule has 156 valence electrons. The standard InChI is InChI=1S/C21H19BrFN3O3S/c1-12-9-14(23)7-8-18(12)29-21-19(13(2)17(22)11-25-21)20(27)26-15-5-4-6-16(10-15)30(3,24)28/h4-11,24H,1-3H3,(H,26,27)/t30-/m0/s1. The van der Waals surface area contributed by atoms with E-state index in [9.17, 15) is 13.4 Å². The summed E-state index contributed by atoms with van der Waals surface area (Å²) in [7, 11) is -2.92. The van der Waals surface area contributed by atoms with Gasteiger partial charge in [0, 0.05) is 27.5 Å². The number of hydrogen-bond donors (Lipinski definition) is 2. The van der Waals surface area contributed by atoms with Crippen molar-refractivity contribution < 1.29 is 18.1 Å². The smallest absolute Gasteiger partial charge is 0.261 e. The molecule has 1 aromatic heterocycles. The van der Waals surface area contributed by atoms with E-state index in [0.717, 1.165) is 0 Å². The lowest BCUT2D eigenvalue weighted by Crippen LogP contribution is -2.16. The Labute approximate surface area is 182 Å². The van der Waals surface area contributed by atoms with E-state index in [1.807, 2.05) is 0 Å². The minimum atomic E-state index is -2.92. The zero-order valence-corrected chi connectivity index (χ0v) is 18.9. The van der Waals surface area contributed by atoms with Crippen molar-refractivity contribution in [2.45, 2.75) is 18.7 Å². The molecule has 3 rings (SSSR count). The van der Waals surface area contributed by atoms with Gasteiger partial charge in [0.15, 0.2) is 0 Å². The Bertz CT molecular complexity index is 1250. The molecule has 6 nitrogen and oxygen atoms in total. The summed E-state index contributed by atoms with van der Waals surface area (Å²) in [5, 5.41) is 2.74. The summed E-state index contributed by atoms with van der Waals surface area (Å²) in [6.07, 6.45) is 2.83. The third kappa shape index (κ3) is 4.85. The molecule has 3 aromatic rings. The van der Waals surface area contributed by atoms with Gasteiger partial charge in [0.2, 0.25) is 5.88 Å². The molecule has 0 saturated carbocycles. The van der Waals surface area contributed by atoms with Gasteiger partial charge in [-0.1, -0.05) is 6.07 Å². The van der Waals surface area contributed by atoms with Crippen LogP contribution in [0.15, 0.2) is 58.0 Å². The molecule has 0 aliphatic carbocycles. The molecular weight excluding hydrogens is 473 g/mol. The lowest BCUT2D eigenvalue weighted by atomic mass is 10.1. The summed E-state index contributed by atoms with van der Waals surface area (Å²) in [4.78, 5) is 17.6. The molecule has 30 heavy (non-hydrogen) atoms. The van der Waals surface area contributed by atoms with Crippen LogP contribution in [-0.2, 0) is 9.73 Å². The summed E-state index contributed by atoms with van der Waals surface area (Å²) in [6.45, 7) is 3.43. The fourth-order valence-corrected chi connectivity index (χ4v) is 3.73. The molecule has 0 spiro atoms. The molecular formula is C21H19BrFN3O3S. The van der Waals surface area contributed by atoms with Gasteiger partial charge in [-0.3, -0.25) is 4.79 Å². The van der Waals surface area contributed by atoms with E-state index in [1.54, 1.807) is 32.0 Å². The van der Waals surface area contributed by atoms with E-state index in [4.69, 9.17) is 9.52 Å². The fourth-order valence-electron chi connectivity index (χ4n) is 2.74. The molecule has 0 fully saturated rings. The second-order valence-electron chi connectivity index (χ2n) is 6.75. The maximum Gasteiger partial charge on any atom is 0.261 e. The molecule has 0 saturated heterocycles. The average molecular weight is 492 g/mol. The number of nitrogens with one attached hydrogen (secondary N) is 2. The van der Waals surface area contributed by atoms with Crippen LogP contribution in [0, 0.1) is 24.4 Å². The highest BCUT2D eigenvalue weighted by molar-refractivity contribution is 9.10. The average Bonchev–Trinajstić information content (AvgIpc) is 2.66. The molecule has 2 N–H and O–H groups in total. The molecule has 2 aromatic carbocycles. The SMILES string of the molecule is Cc1cc(F)ccc1Oc1ncc(Br)c(C)c1C(=O)Nc1cccc([S@@](C)(=N)=O)c1. The lowest BCUT2D eigenvalue weighted by Gasteiger charge is -2.15. The summed E-state index contributed by atoms with van der Waals surface area (Å²) in [5.74, 6) is -0.430. The molecule has 0 unspecified atom stereocenters. The van der Waals surface area contributed by atoms with Gasteiger partial charge in [-0.25, -0.2) is 18.4 Å². The van der Waals surface area contributed by atoms with Crippen molar-refractivity contribution in [3.8, 4) is 11.6 Å². The van der Waals surface area contributed by atoms with Gasteiger partial charge in [0.25, 0.3) is 5.91 Å². The Balaban J connectivity index is 1.98. The largest absolute Gasteiger partial charge is 0.438 e. The number of carbonyl (C=O) groups is 1. The Hall–Kier alpha value is -2.78. The first-order valence-electron chi connectivity index (χ1n) is 8.80. The molecule has 0 aliphatic heterocycles. The third-order valence-electron chi connectivity index (χ3n) is 4.35. The van der Waals surface area contributed by atoms with E-state index in [0.29, 0.717) is 31.9 Å². The number of aromatic nitrogens is 1. The van der Waals surface area contributed by atoms with E-state index in [1.165, 1.54) is 36.7 Å². The highest BCUT2D eigenvalue weighted by Crippen LogP contribution is 2.32. The highest BCUT2D eigenvalue weighted by Gasteiger charge is 2.21. The monoisotopic (exact) mass is 491 g/mol. The van der Waals surface area contributed by atoms with Gasteiger partial charge in [0.05, 0.1) is 9.73 Å². The Morgan fingerprint density at radius 2 is 1.97 bits per heavy atom. The van der Waals surface area contributed by atoms with E-state index in [-0.39, 0.29) is 17.3 Å². The van der Waals surface area contributed by atoms with Gasteiger partial charge in [0.1, 0.15) is 17.1 Å². The van der Waals surface area contributed by atoms with E-state index < -0.39 is 15.6 Å². The summed E-state index contributed by atoms with van der Waals surface area (Å²) in [6, 6.07) is 10.4. The summed E-state index contributed by atoms with van der Waals surface area (Å²) < 4.78 is 39.6. The Kier molecular flexibility index (Phi) is 6.23. The van der Waals surface area contributed by atoms with Crippen LogP contribution in [0.1, 0.15) is 21.5 Å². The predicted octanol–water partition coefficient (Wildman–Crippen LogP) is 5.68. The molecule has 1 atom stereocenters. The molecule has 1 heterocycles. The molecule has 0 radical (unpaired) electrons. The van der Waals surface area contributed by atoms with Crippen LogP contribution in [0.5, 0.6) is 11.6 Å². The predicted molar refractivity (Wildman–Crippen MR) is 117 cm³/mol. The molecule has 0 bridgehead atoms. The second-order valence-corrected chi connectivity index (χ2v) is 9.76. The first-order valence-corrected chi connectivity index (χ1v) is 11.6. The van der Waals surface area contributed by atoms with Gasteiger partial charge < -0.3 is 10.1 Å². The first kappa shape index (κ1) is 21.9. The molecule has 1 amide bonds. The Morgan fingerprint density at radius 1 is 1.23 bits per heavy atom. The zero-order valence-electron chi connectivity index (χ0n) is 16.5. The second kappa shape index (κ2) is 8.53. The number of pyridine rings is 1. The third-order valence-corrected chi connectivity index (χ3v) is 6.31. The zero-order chi connectivity index (χ0) is 22.1. The van der Waals surface area contributed by atoms with Crippen LogP contribution < -0.4 is 10.1 Å². The van der Waals surface area contributed by atoms with Crippen molar-refractivity contribution in [3.63, 3.8) is 0 Å². The number of halogens is 2. The topological polar surface area (TPSA) is 92.1 Å². The quantitative estimate of drug-likeness (QED) is 0.480. The number of ether oxygens (including phenoxy) is 1. The van der Waals surface area contributed by atoms with Crippen LogP contribution in [0.2, 0.25) is 0 Å². The number of anilines is 1. The minimum absolute atomic E-state index is 0.0684. The van der Waals surface area contributed by atoms with Gasteiger partial charge in [-0.15, -0.1) is 0 Å².